The largest absolute Gasteiger partial charge is 0.268 e. The van der Waals surface area contributed by atoms with Crippen LogP contribution in [0.1, 0.15) is 27.2 Å². The first-order chi connectivity index (χ1) is 5.65. The van der Waals surface area contributed by atoms with Crippen molar-refractivity contribution < 1.29 is 0 Å². The van der Waals surface area contributed by atoms with Crippen LogP contribution in [0.5, 0.6) is 0 Å². The monoisotopic (exact) mass is 162 g/mol. The highest BCUT2D eigenvalue weighted by molar-refractivity contribution is 5.41. The molecule has 0 saturated carbocycles. The third-order valence-electron chi connectivity index (χ3n) is 1.70. The Labute approximate surface area is 73.9 Å². The lowest BCUT2D eigenvalue weighted by atomic mass is 10.1. The molecule has 2 nitrogen and oxygen atoms in total. The van der Waals surface area contributed by atoms with Crippen molar-refractivity contribution in [1.29, 1.82) is 5.26 Å². The van der Waals surface area contributed by atoms with Crippen LogP contribution in [-0.4, -0.2) is 6.72 Å². The molecule has 0 amide bonds. The van der Waals surface area contributed by atoms with Crippen LogP contribution in [0.4, 0.5) is 0 Å². The molecule has 0 radical (unpaired) electrons. The molecule has 0 heterocycles. The van der Waals surface area contributed by atoms with Crippen LogP contribution in [0, 0.1) is 11.3 Å². The molecule has 0 unspecified atom stereocenters. The molecule has 0 aromatic rings. The second-order valence-electron chi connectivity index (χ2n) is 2.61. The predicted octanol–water partition coefficient (Wildman–Crippen LogP) is 2.84. The lowest BCUT2D eigenvalue weighted by molar-refractivity contribution is 1.09. The second kappa shape index (κ2) is 5.31. The fraction of sp³-hybridized carbons (Fsp3) is 0.400. The molecule has 2 heteroatoms. The number of hydrogen-bond acceptors (Lipinski definition) is 2. The third kappa shape index (κ3) is 3.16. The summed E-state index contributed by atoms with van der Waals surface area (Å²) >= 11 is 0. The Hall–Kier alpha value is -1.36. The van der Waals surface area contributed by atoms with Gasteiger partial charge in [-0.05, 0) is 33.1 Å². The molecule has 0 aliphatic rings. The van der Waals surface area contributed by atoms with E-state index in [1.807, 2.05) is 13.0 Å². The van der Waals surface area contributed by atoms with Crippen LogP contribution < -0.4 is 0 Å². The van der Waals surface area contributed by atoms with Gasteiger partial charge in [-0.1, -0.05) is 12.5 Å². The molecular weight excluding hydrogens is 148 g/mol. The Morgan fingerprint density at radius 1 is 1.58 bits per heavy atom. The zero-order chi connectivity index (χ0) is 9.56. The molecular formula is C10H14N2. The van der Waals surface area contributed by atoms with Gasteiger partial charge >= 0.3 is 0 Å². The Morgan fingerprint density at radius 3 is 2.50 bits per heavy atom. The van der Waals surface area contributed by atoms with E-state index in [4.69, 9.17) is 5.26 Å². The van der Waals surface area contributed by atoms with Gasteiger partial charge in [0.15, 0.2) is 0 Å². The van der Waals surface area contributed by atoms with Gasteiger partial charge in [0, 0.05) is 0 Å². The van der Waals surface area contributed by atoms with Gasteiger partial charge in [-0.2, -0.15) is 5.26 Å². The fourth-order valence-electron chi connectivity index (χ4n) is 0.651. The highest BCUT2D eigenvalue weighted by atomic mass is 14.7. The quantitative estimate of drug-likeness (QED) is 0.357. The SMILES string of the molecule is C=N/C(C)=C(C#N)\C=C(\C)CC. The molecule has 0 spiro atoms. The van der Waals surface area contributed by atoms with E-state index in [0.717, 1.165) is 6.42 Å². The van der Waals surface area contributed by atoms with Gasteiger partial charge in [0.25, 0.3) is 0 Å². The first kappa shape index (κ1) is 10.6. The number of hydrogen-bond donors (Lipinski definition) is 0. The summed E-state index contributed by atoms with van der Waals surface area (Å²) in [6, 6.07) is 2.09. The number of aliphatic imine (C=N–C) groups is 1. The van der Waals surface area contributed by atoms with Gasteiger partial charge in [-0.15, -0.1) is 0 Å². The molecule has 0 rings (SSSR count). The van der Waals surface area contributed by atoms with Gasteiger partial charge in [-0.3, -0.25) is 4.99 Å². The lowest BCUT2D eigenvalue weighted by Crippen LogP contribution is -1.81. The average Bonchev–Trinajstić information content (AvgIpc) is 2.12. The Morgan fingerprint density at radius 2 is 2.17 bits per heavy atom. The van der Waals surface area contributed by atoms with E-state index in [2.05, 4.69) is 24.7 Å². The predicted molar refractivity (Wildman–Crippen MR) is 51.9 cm³/mol. The average molecular weight is 162 g/mol. The van der Waals surface area contributed by atoms with Crippen LogP contribution in [0.25, 0.3) is 0 Å². The first-order valence-corrected chi connectivity index (χ1v) is 3.90. The summed E-state index contributed by atoms with van der Waals surface area (Å²) in [5.74, 6) is 0. The van der Waals surface area contributed by atoms with E-state index in [-0.39, 0.29) is 0 Å². The molecule has 64 valence electrons. The molecule has 0 N–H and O–H groups in total. The topological polar surface area (TPSA) is 36.1 Å². The minimum Gasteiger partial charge on any atom is -0.268 e. The summed E-state index contributed by atoms with van der Waals surface area (Å²) in [6.07, 6.45) is 2.81. The maximum Gasteiger partial charge on any atom is 0.101 e. The zero-order valence-electron chi connectivity index (χ0n) is 7.89. The van der Waals surface area contributed by atoms with Crippen LogP contribution in [-0.2, 0) is 0 Å². The third-order valence-corrected chi connectivity index (χ3v) is 1.70. The molecule has 0 aromatic heterocycles. The standard InChI is InChI=1S/C10H14N2/c1-5-8(2)6-10(7-11)9(3)12-4/h6H,4-5H2,1-3H3/b8-6-,10-9+. The zero-order valence-corrected chi connectivity index (χ0v) is 7.89. The van der Waals surface area contributed by atoms with E-state index < -0.39 is 0 Å². The Kier molecular flexibility index (Phi) is 4.71. The van der Waals surface area contributed by atoms with Crippen molar-refractivity contribution in [2.24, 2.45) is 4.99 Å². The summed E-state index contributed by atoms with van der Waals surface area (Å²) in [7, 11) is 0. The molecule has 0 saturated heterocycles. The number of rotatable bonds is 3. The molecule has 12 heavy (non-hydrogen) atoms. The summed E-state index contributed by atoms with van der Waals surface area (Å²) < 4.78 is 0. The van der Waals surface area contributed by atoms with Crippen LogP contribution in [0.3, 0.4) is 0 Å². The maximum absolute atomic E-state index is 8.73. The minimum absolute atomic E-state index is 0.601. The van der Waals surface area contributed by atoms with Crippen LogP contribution in [0.15, 0.2) is 27.9 Å². The van der Waals surface area contributed by atoms with Crippen molar-refractivity contribution in [1.82, 2.24) is 0 Å². The van der Waals surface area contributed by atoms with Crippen molar-refractivity contribution in [2.45, 2.75) is 27.2 Å². The normalized spacial score (nSPS) is 13.3. The molecule has 0 aliphatic carbocycles. The Bertz CT molecular complexity index is 264. The highest BCUT2D eigenvalue weighted by Gasteiger charge is 1.95. The van der Waals surface area contributed by atoms with E-state index in [1.54, 1.807) is 6.92 Å². The molecule has 0 aromatic carbocycles. The van der Waals surface area contributed by atoms with Crippen molar-refractivity contribution in [3.63, 3.8) is 0 Å². The van der Waals surface area contributed by atoms with Gasteiger partial charge < -0.3 is 0 Å². The summed E-state index contributed by atoms with van der Waals surface area (Å²) in [4.78, 5) is 3.71. The summed E-state index contributed by atoms with van der Waals surface area (Å²) in [6.45, 7) is 9.20. The summed E-state index contributed by atoms with van der Waals surface area (Å²) in [5, 5.41) is 8.73. The van der Waals surface area contributed by atoms with Crippen molar-refractivity contribution >= 4 is 6.72 Å². The lowest BCUT2D eigenvalue weighted by Gasteiger charge is -1.96. The fourth-order valence-corrected chi connectivity index (χ4v) is 0.651. The maximum atomic E-state index is 8.73. The van der Waals surface area contributed by atoms with E-state index in [0.29, 0.717) is 11.3 Å². The minimum atomic E-state index is 0.601. The van der Waals surface area contributed by atoms with Crippen LogP contribution >= 0.6 is 0 Å². The first-order valence-electron chi connectivity index (χ1n) is 3.90. The molecule has 0 bridgehead atoms. The van der Waals surface area contributed by atoms with Gasteiger partial charge in [0.2, 0.25) is 0 Å². The van der Waals surface area contributed by atoms with Gasteiger partial charge in [0.05, 0.1) is 11.3 Å². The summed E-state index contributed by atoms with van der Waals surface area (Å²) in [5.41, 5.74) is 2.46. The van der Waals surface area contributed by atoms with Gasteiger partial charge in [0.1, 0.15) is 6.07 Å². The molecule has 0 aliphatic heterocycles. The van der Waals surface area contributed by atoms with Crippen LogP contribution in [0.2, 0.25) is 0 Å². The number of nitriles is 1. The number of allylic oxidation sites excluding steroid dienone is 4. The van der Waals surface area contributed by atoms with Crippen molar-refractivity contribution in [3.8, 4) is 6.07 Å². The van der Waals surface area contributed by atoms with Gasteiger partial charge in [-0.25, -0.2) is 0 Å². The second-order valence-corrected chi connectivity index (χ2v) is 2.61. The molecule has 0 fully saturated rings. The van der Waals surface area contributed by atoms with E-state index >= 15 is 0 Å². The van der Waals surface area contributed by atoms with Crippen molar-refractivity contribution in [3.05, 3.63) is 22.9 Å². The van der Waals surface area contributed by atoms with E-state index in [9.17, 15) is 0 Å². The van der Waals surface area contributed by atoms with E-state index in [1.165, 1.54) is 5.57 Å². The van der Waals surface area contributed by atoms with Crippen molar-refractivity contribution in [2.75, 3.05) is 0 Å². The Balaban J connectivity index is 4.85. The highest BCUT2D eigenvalue weighted by Crippen LogP contribution is 2.09. The smallest absolute Gasteiger partial charge is 0.101 e. The number of nitrogens with zero attached hydrogens (tertiary/aromatic N) is 2. The molecule has 0 atom stereocenters.